The van der Waals surface area contributed by atoms with Crippen molar-refractivity contribution in [2.24, 2.45) is 5.92 Å². The Morgan fingerprint density at radius 1 is 1.23 bits per heavy atom. The van der Waals surface area contributed by atoms with Gasteiger partial charge in [-0.05, 0) is 24.8 Å². The van der Waals surface area contributed by atoms with E-state index in [0.29, 0.717) is 5.92 Å². The standard InChI is InChI=1S/C12H17Cl/c1-3-11(9-13)8-12-6-4-10(2)5-7-12/h4-7,11H,3,8-9H2,1-2H3. The first-order valence-corrected chi connectivity index (χ1v) is 5.41. The van der Waals surface area contributed by atoms with E-state index in [4.69, 9.17) is 11.6 Å². The van der Waals surface area contributed by atoms with Crippen LogP contribution in [0.1, 0.15) is 24.5 Å². The molecule has 0 saturated carbocycles. The second kappa shape index (κ2) is 5.29. The van der Waals surface area contributed by atoms with Crippen molar-refractivity contribution in [1.29, 1.82) is 0 Å². The number of halogens is 1. The average Bonchev–Trinajstić information content (AvgIpc) is 2.17. The fourth-order valence-corrected chi connectivity index (χ4v) is 1.69. The third-order valence-corrected chi connectivity index (χ3v) is 2.88. The zero-order valence-electron chi connectivity index (χ0n) is 8.39. The minimum atomic E-state index is 0.629. The van der Waals surface area contributed by atoms with Crippen molar-refractivity contribution in [1.82, 2.24) is 0 Å². The topological polar surface area (TPSA) is 0 Å². The molecule has 1 aromatic rings. The first-order valence-electron chi connectivity index (χ1n) is 4.87. The van der Waals surface area contributed by atoms with E-state index in [2.05, 4.69) is 38.1 Å². The molecule has 0 radical (unpaired) electrons. The van der Waals surface area contributed by atoms with E-state index in [1.807, 2.05) is 0 Å². The van der Waals surface area contributed by atoms with Gasteiger partial charge in [0.25, 0.3) is 0 Å². The van der Waals surface area contributed by atoms with E-state index in [9.17, 15) is 0 Å². The van der Waals surface area contributed by atoms with Crippen molar-refractivity contribution in [3.05, 3.63) is 35.4 Å². The van der Waals surface area contributed by atoms with Crippen molar-refractivity contribution in [2.75, 3.05) is 5.88 Å². The lowest BCUT2D eigenvalue weighted by molar-refractivity contribution is 0.567. The first kappa shape index (κ1) is 10.6. The number of alkyl halides is 1. The van der Waals surface area contributed by atoms with Crippen LogP contribution in [-0.4, -0.2) is 5.88 Å². The Kier molecular flexibility index (Phi) is 4.31. The van der Waals surface area contributed by atoms with Gasteiger partial charge in [-0.3, -0.25) is 0 Å². The molecule has 0 aliphatic rings. The Balaban J connectivity index is 2.58. The summed E-state index contributed by atoms with van der Waals surface area (Å²) in [4.78, 5) is 0. The number of aryl methyl sites for hydroxylation is 1. The molecule has 0 bridgehead atoms. The number of benzene rings is 1. The molecule has 0 nitrogen and oxygen atoms in total. The van der Waals surface area contributed by atoms with Gasteiger partial charge in [-0.25, -0.2) is 0 Å². The molecule has 1 rings (SSSR count). The van der Waals surface area contributed by atoms with Crippen molar-refractivity contribution < 1.29 is 0 Å². The second-order valence-corrected chi connectivity index (χ2v) is 3.93. The van der Waals surface area contributed by atoms with Gasteiger partial charge in [-0.15, -0.1) is 11.6 Å². The highest BCUT2D eigenvalue weighted by Crippen LogP contribution is 2.14. The van der Waals surface area contributed by atoms with Crippen LogP contribution >= 0.6 is 11.6 Å². The van der Waals surface area contributed by atoms with Gasteiger partial charge in [0.15, 0.2) is 0 Å². The summed E-state index contributed by atoms with van der Waals surface area (Å²) in [5, 5.41) is 0. The van der Waals surface area contributed by atoms with Gasteiger partial charge < -0.3 is 0 Å². The van der Waals surface area contributed by atoms with Crippen LogP contribution in [0.3, 0.4) is 0 Å². The smallest absolute Gasteiger partial charge is 0.0254 e. The predicted molar refractivity (Wildman–Crippen MR) is 59.4 cm³/mol. The highest BCUT2D eigenvalue weighted by molar-refractivity contribution is 6.18. The molecule has 0 N–H and O–H groups in total. The van der Waals surface area contributed by atoms with Gasteiger partial charge in [0, 0.05) is 5.88 Å². The average molecular weight is 197 g/mol. The van der Waals surface area contributed by atoms with Gasteiger partial charge in [0.2, 0.25) is 0 Å². The molecule has 0 aromatic heterocycles. The van der Waals surface area contributed by atoms with Crippen LogP contribution in [0.15, 0.2) is 24.3 Å². The van der Waals surface area contributed by atoms with E-state index < -0.39 is 0 Å². The predicted octanol–water partition coefficient (Wildman–Crippen LogP) is 3.80. The van der Waals surface area contributed by atoms with Gasteiger partial charge in [0.05, 0.1) is 0 Å². The molecule has 0 amide bonds. The molecule has 13 heavy (non-hydrogen) atoms. The summed E-state index contributed by atoms with van der Waals surface area (Å²) >= 11 is 5.85. The summed E-state index contributed by atoms with van der Waals surface area (Å²) in [7, 11) is 0. The first-order chi connectivity index (χ1) is 6.26. The SMILES string of the molecule is CCC(CCl)Cc1ccc(C)cc1. The molecular weight excluding hydrogens is 180 g/mol. The van der Waals surface area contributed by atoms with Crippen molar-refractivity contribution in [2.45, 2.75) is 26.7 Å². The Labute approximate surface area is 85.9 Å². The van der Waals surface area contributed by atoms with Gasteiger partial charge in [0.1, 0.15) is 0 Å². The van der Waals surface area contributed by atoms with Crippen LogP contribution in [0, 0.1) is 12.8 Å². The van der Waals surface area contributed by atoms with Crippen LogP contribution in [0.2, 0.25) is 0 Å². The molecule has 0 aliphatic carbocycles. The third-order valence-electron chi connectivity index (χ3n) is 2.44. The molecule has 1 unspecified atom stereocenters. The van der Waals surface area contributed by atoms with Gasteiger partial charge >= 0.3 is 0 Å². The summed E-state index contributed by atoms with van der Waals surface area (Å²) < 4.78 is 0. The van der Waals surface area contributed by atoms with Crippen molar-refractivity contribution in [3.63, 3.8) is 0 Å². The maximum absolute atomic E-state index is 5.85. The highest BCUT2D eigenvalue weighted by Gasteiger charge is 2.04. The van der Waals surface area contributed by atoms with Crippen LogP contribution in [0.5, 0.6) is 0 Å². The Bertz CT molecular complexity index is 234. The van der Waals surface area contributed by atoms with E-state index in [1.165, 1.54) is 11.1 Å². The van der Waals surface area contributed by atoms with Gasteiger partial charge in [-0.2, -0.15) is 0 Å². The van der Waals surface area contributed by atoms with Gasteiger partial charge in [-0.1, -0.05) is 43.2 Å². The lowest BCUT2D eigenvalue weighted by Gasteiger charge is -2.10. The van der Waals surface area contributed by atoms with Crippen molar-refractivity contribution in [3.8, 4) is 0 Å². The van der Waals surface area contributed by atoms with Crippen LogP contribution in [0.4, 0.5) is 0 Å². The van der Waals surface area contributed by atoms with E-state index in [0.717, 1.165) is 18.7 Å². The fourth-order valence-electron chi connectivity index (χ4n) is 1.37. The molecule has 72 valence electrons. The molecule has 0 spiro atoms. The minimum Gasteiger partial charge on any atom is -0.126 e. The van der Waals surface area contributed by atoms with Crippen LogP contribution in [-0.2, 0) is 6.42 Å². The molecule has 0 fully saturated rings. The second-order valence-electron chi connectivity index (χ2n) is 3.62. The summed E-state index contributed by atoms with van der Waals surface area (Å²) in [6, 6.07) is 8.72. The lowest BCUT2D eigenvalue weighted by Crippen LogP contribution is -2.04. The summed E-state index contributed by atoms with van der Waals surface area (Å²) in [5.74, 6) is 1.40. The molecule has 0 saturated heterocycles. The molecular formula is C12H17Cl. The fraction of sp³-hybridized carbons (Fsp3) is 0.500. The largest absolute Gasteiger partial charge is 0.126 e. The monoisotopic (exact) mass is 196 g/mol. The third kappa shape index (κ3) is 3.40. The number of rotatable bonds is 4. The summed E-state index contributed by atoms with van der Waals surface area (Å²) in [6.07, 6.45) is 2.28. The molecule has 1 atom stereocenters. The maximum Gasteiger partial charge on any atom is 0.0254 e. The molecule has 0 aliphatic heterocycles. The molecule has 1 heteroatoms. The van der Waals surface area contributed by atoms with Crippen molar-refractivity contribution >= 4 is 11.6 Å². The zero-order chi connectivity index (χ0) is 9.68. The van der Waals surface area contributed by atoms with E-state index in [1.54, 1.807) is 0 Å². The number of hydrogen-bond donors (Lipinski definition) is 0. The highest BCUT2D eigenvalue weighted by atomic mass is 35.5. The Hall–Kier alpha value is -0.490. The normalized spacial score (nSPS) is 12.8. The van der Waals surface area contributed by atoms with E-state index >= 15 is 0 Å². The Morgan fingerprint density at radius 2 is 1.85 bits per heavy atom. The van der Waals surface area contributed by atoms with E-state index in [-0.39, 0.29) is 0 Å². The minimum absolute atomic E-state index is 0.629. The van der Waals surface area contributed by atoms with Crippen LogP contribution in [0.25, 0.3) is 0 Å². The maximum atomic E-state index is 5.85. The molecule has 0 heterocycles. The Morgan fingerprint density at radius 3 is 2.31 bits per heavy atom. The number of hydrogen-bond acceptors (Lipinski definition) is 0. The lowest BCUT2D eigenvalue weighted by atomic mass is 9.98. The zero-order valence-corrected chi connectivity index (χ0v) is 9.14. The molecule has 1 aromatic carbocycles. The summed E-state index contributed by atoms with van der Waals surface area (Å²) in [5.41, 5.74) is 2.72. The summed E-state index contributed by atoms with van der Waals surface area (Å²) in [6.45, 7) is 4.31. The quantitative estimate of drug-likeness (QED) is 0.643. The van der Waals surface area contributed by atoms with Crippen LogP contribution < -0.4 is 0 Å².